The number of aromatic nitrogens is 5. The third kappa shape index (κ3) is 12.3. The predicted molar refractivity (Wildman–Crippen MR) is 479 cm³/mol. The summed E-state index contributed by atoms with van der Waals surface area (Å²) in [4.78, 5) is 11.0. The van der Waals surface area contributed by atoms with Crippen molar-refractivity contribution in [3.8, 4) is 106 Å². The van der Waals surface area contributed by atoms with E-state index in [9.17, 15) is 0 Å². The Balaban J connectivity index is 0.988. The van der Waals surface area contributed by atoms with Crippen molar-refractivity contribution in [1.82, 2.24) is 23.7 Å². The van der Waals surface area contributed by atoms with Crippen LogP contribution in [0.3, 0.4) is 0 Å². The normalized spacial score (nSPS) is 12.0. The molecule has 5 heterocycles. The van der Waals surface area contributed by atoms with Crippen molar-refractivity contribution in [2.24, 2.45) is 0 Å². The van der Waals surface area contributed by atoms with Crippen LogP contribution in [0.15, 0.2) is 231 Å². The molecule has 5 nitrogen and oxygen atoms in total. The molecule has 0 aliphatic carbocycles. The first-order chi connectivity index (χ1) is 55.0. The molecule has 0 unspecified atom stereocenters. The topological polar surface area (TPSA) is 40.6 Å². The Hall–Kier alpha value is -12.7. The maximum Gasteiger partial charge on any atom is 0.416 e. The number of nitrogens with zero attached hydrogens (tertiary/aromatic N) is 5. The lowest BCUT2D eigenvalue weighted by atomic mass is 9.91. The molecular weight excluding hydrogens is 1410 g/mol. The van der Waals surface area contributed by atoms with Gasteiger partial charge in [-0.1, -0.05) is 143 Å². The van der Waals surface area contributed by atoms with Crippen LogP contribution in [0.25, 0.3) is 172 Å². The zero-order chi connectivity index (χ0) is 80.4. The summed E-state index contributed by atoms with van der Waals surface area (Å²) in [5.74, 6) is 0.943. The monoisotopic (exact) mass is 1500 g/mol. The van der Waals surface area contributed by atoms with Crippen LogP contribution in [0.5, 0.6) is 0 Å². The minimum atomic E-state index is -4.86. The zero-order valence-electron chi connectivity index (χ0n) is 68.8. The highest BCUT2D eigenvalue weighted by molar-refractivity contribution is 6.16. The van der Waals surface area contributed by atoms with E-state index in [1.807, 2.05) is 24.3 Å². The quantitative estimate of drug-likeness (QED) is 0.129. The Bertz CT molecular complexity index is 6440. The average Bonchev–Trinajstić information content (AvgIpc) is 1.46. The van der Waals surface area contributed by atoms with Crippen LogP contribution >= 0.6 is 0 Å². The molecule has 0 saturated carbocycles. The van der Waals surface area contributed by atoms with Gasteiger partial charge in [-0.3, -0.25) is 9.13 Å². The van der Waals surface area contributed by atoms with E-state index >= 15 is 13.2 Å². The molecule has 8 heteroatoms. The van der Waals surface area contributed by atoms with Gasteiger partial charge in [0.1, 0.15) is 11.6 Å². The van der Waals surface area contributed by atoms with E-state index in [1.165, 1.54) is 90.0 Å². The molecule has 5 aromatic heterocycles. The first-order valence-electron chi connectivity index (χ1n) is 40.0. The number of hydrogen-bond acceptors (Lipinski definition) is 2. The van der Waals surface area contributed by atoms with Crippen molar-refractivity contribution in [1.29, 1.82) is 0 Å². The maximum absolute atomic E-state index is 17.3. The predicted octanol–water partition coefficient (Wildman–Crippen LogP) is 29.7. The lowest BCUT2D eigenvalue weighted by Crippen LogP contribution is -2.11. The first kappa shape index (κ1) is 73.8. The highest BCUT2D eigenvalue weighted by atomic mass is 19.4. The van der Waals surface area contributed by atoms with Crippen molar-refractivity contribution in [2.75, 3.05) is 0 Å². The van der Waals surface area contributed by atoms with Crippen molar-refractivity contribution >= 4 is 65.4 Å². The maximum atomic E-state index is 17.3. The van der Waals surface area contributed by atoms with Crippen molar-refractivity contribution in [3.63, 3.8) is 0 Å². The highest BCUT2D eigenvalue weighted by Crippen LogP contribution is 2.52. The Morgan fingerprint density at radius 3 is 0.626 bits per heavy atom. The van der Waals surface area contributed by atoms with E-state index in [-0.39, 0.29) is 0 Å². The molecule has 0 bridgehead atoms. The van der Waals surface area contributed by atoms with E-state index in [2.05, 4.69) is 320 Å². The van der Waals surface area contributed by atoms with Gasteiger partial charge in [0.15, 0.2) is 0 Å². The molecule has 0 spiro atoms. The van der Waals surface area contributed by atoms with Gasteiger partial charge >= 0.3 is 6.18 Å². The molecule has 0 amide bonds. The molecule has 0 aliphatic heterocycles. The molecule has 0 atom stereocenters. The van der Waals surface area contributed by atoms with Crippen LogP contribution in [0.2, 0.25) is 0 Å². The number of halogens is 3. The smallest absolute Gasteiger partial charge is 0.308 e. The van der Waals surface area contributed by atoms with Gasteiger partial charge in [0, 0.05) is 67.0 Å². The lowest BCUT2D eigenvalue weighted by molar-refractivity contribution is -0.137. The summed E-state index contributed by atoms with van der Waals surface area (Å²) in [5.41, 5.74) is 40.9. The molecule has 18 aromatic rings. The molecular formula is C107H92F3N5. The number of rotatable bonds is 11. The van der Waals surface area contributed by atoms with Crippen LogP contribution in [-0.4, -0.2) is 23.7 Å². The van der Waals surface area contributed by atoms with Gasteiger partial charge in [-0.05, 0) is 367 Å². The van der Waals surface area contributed by atoms with E-state index < -0.39 is 11.7 Å². The lowest BCUT2D eigenvalue weighted by Gasteiger charge is -2.24. The van der Waals surface area contributed by atoms with Gasteiger partial charge in [0.2, 0.25) is 0 Å². The number of aryl methyl sites for hydroxylation is 18. The summed E-state index contributed by atoms with van der Waals surface area (Å²) in [5, 5.41) is 5.86. The Kier molecular flexibility index (Phi) is 17.7. The van der Waals surface area contributed by atoms with Crippen LogP contribution < -0.4 is 0 Å². The first-order valence-corrected chi connectivity index (χ1v) is 40.0. The van der Waals surface area contributed by atoms with E-state index in [0.717, 1.165) is 154 Å². The second kappa shape index (κ2) is 27.6. The third-order valence-corrected chi connectivity index (χ3v) is 24.3. The molecule has 0 aliphatic rings. The zero-order valence-corrected chi connectivity index (χ0v) is 68.8. The van der Waals surface area contributed by atoms with Crippen LogP contribution in [-0.2, 0) is 6.18 Å². The van der Waals surface area contributed by atoms with Gasteiger partial charge in [-0.2, -0.15) is 13.2 Å². The number of hydrogen-bond donors (Lipinski definition) is 0. The number of alkyl halides is 3. The molecule has 0 fully saturated rings. The summed E-state index contributed by atoms with van der Waals surface area (Å²) in [6.07, 6.45) is -1.30. The Labute approximate surface area is 671 Å². The van der Waals surface area contributed by atoms with Crippen molar-refractivity contribution < 1.29 is 13.2 Å². The molecule has 0 N–H and O–H groups in total. The van der Waals surface area contributed by atoms with Gasteiger partial charge < -0.3 is 4.57 Å². The Morgan fingerprint density at radius 1 is 0.226 bits per heavy atom. The van der Waals surface area contributed by atoms with E-state index in [1.54, 1.807) is 12.4 Å². The minimum absolute atomic E-state index is 0.328. The third-order valence-electron chi connectivity index (χ3n) is 24.3. The standard InChI is InChI=1S/C107H92F3N5/c1-57-37-63(7)98(64(8)38-57)75-23-29-92-84(49-75)85-50-76(99-65(9)39-58(2)40-66(99)10)24-30-93(85)113(92)104-90(82-21-19-35-111-105(82)114-94-31-25-77(100-67(11)41-59(3)42-68(100)12)51-86(94)87-52-78(26-32-95(87)114)101-69(13)43-60(4)44-70(101)14)55-81(107(108,109)110)56-91(104)83-22-20-36-112-106(83)115-96-33-27-79(102-71(15)45-61(5)46-72(102)16)53-88(96)89-54-80(28-34-97(89)115)103-73(17)47-62(6)48-74(103)18/h19-56H,1-18H3. The summed E-state index contributed by atoms with van der Waals surface area (Å²) in [6.45, 7) is 39.0. The summed E-state index contributed by atoms with van der Waals surface area (Å²) in [6, 6.07) is 77.6. The van der Waals surface area contributed by atoms with Crippen LogP contribution in [0.1, 0.15) is 106 Å². The molecule has 115 heavy (non-hydrogen) atoms. The second-order valence-corrected chi connectivity index (χ2v) is 33.2. The average molecular weight is 1500 g/mol. The van der Waals surface area contributed by atoms with Crippen molar-refractivity contribution in [2.45, 2.75) is 131 Å². The summed E-state index contributed by atoms with van der Waals surface area (Å²) in [7, 11) is 0. The number of pyridine rings is 2. The van der Waals surface area contributed by atoms with E-state index in [0.29, 0.717) is 39.6 Å². The molecule has 0 radical (unpaired) electrons. The number of benzene rings is 13. The molecule has 0 saturated heterocycles. The van der Waals surface area contributed by atoms with Gasteiger partial charge in [0.05, 0.1) is 44.4 Å². The molecule has 566 valence electrons. The highest BCUT2D eigenvalue weighted by Gasteiger charge is 2.36. The van der Waals surface area contributed by atoms with Gasteiger partial charge in [-0.15, -0.1) is 0 Å². The SMILES string of the molecule is Cc1cc(C)c(-c2ccc3c(c2)c2cc(-c4c(C)cc(C)cc4C)ccc2n3-c2ncccc2-c2cc(C(F)(F)F)cc(-c3cccnc3-n3c4ccc(-c5c(C)cc(C)cc5C)cc4c4cc(-c5c(C)cc(C)cc5C)ccc43)c2-n2c3ccc(-c4c(C)cc(C)cc4C)cc3c3cc(-c4c(C)cc(C)cc4C)ccc32)c(C)c1. The molecule has 13 aromatic carbocycles. The second-order valence-electron chi connectivity index (χ2n) is 33.2. The largest absolute Gasteiger partial charge is 0.416 e. The van der Waals surface area contributed by atoms with Crippen molar-refractivity contribution in [3.05, 3.63) is 336 Å². The summed E-state index contributed by atoms with van der Waals surface area (Å²) >= 11 is 0. The number of fused-ring (bicyclic) bond motifs is 9. The molecule has 18 rings (SSSR count). The van der Waals surface area contributed by atoms with Crippen LogP contribution in [0.4, 0.5) is 13.2 Å². The van der Waals surface area contributed by atoms with Crippen LogP contribution in [0, 0.1) is 125 Å². The fraction of sp³-hybridized carbons (Fsp3) is 0.178. The fourth-order valence-electron chi connectivity index (χ4n) is 20.5. The van der Waals surface area contributed by atoms with E-state index in [4.69, 9.17) is 9.97 Å². The fourth-order valence-corrected chi connectivity index (χ4v) is 20.5. The van der Waals surface area contributed by atoms with Gasteiger partial charge in [0.25, 0.3) is 0 Å². The van der Waals surface area contributed by atoms with Gasteiger partial charge in [-0.25, -0.2) is 9.97 Å². The summed E-state index contributed by atoms with van der Waals surface area (Å²) < 4.78 is 58.6. The minimum Gasteiger partial charge on any atom is -0.308 e. The Morgan fingerprint density at radius 2 is 0.426 bits per heavy atom.